The van der Waals surface area contributed by atoms with Gasteiger partial charge in [-0.25, -0.2) is 8.78 Å². The maximum absolute atomic E-state index is 13.0. The number of hydrogen-bond donors (Lipinski definition) is 0. The molecule has 0 spiro atoms. The van der Waals surface area contributed by atoms with Crippen LogP contribution in [0.25, 0.3) is 10.4 Å². The second-order valence-corrected chi connectivity index (χ2v) is 2.45. The molecule has 1 aromatic rings. The number of pyridine rings is 1. The summed E-state index contributed by atoms with van der Waals surface area (Å²) in [7, 11) is 0. The largest absolute Gasteiger partial charge is 0.255 e. The van der Waals surface area contributed by atoms with Gasteiger partial charge in [0.25, 0.3) is 0 Å². The third-order valence-corrected chi connectivity index (χ3v) is 1.62. The molecule has 0 aliphatic carbocycles. The van der Waals surface area contributed by atoms with Crippen LogP contribution in [0.4, 0.5) is 8.78 Å². The molecule has 0 radical (unpaired) electrons. The zero-order valence-corrected chi connectivity index (χ0v) is 6.96. The highest BCUT2D eigenvalue weighted by Gasteiger charge is 2.11. The minimum atomic E-state index is -0.992. The topological polar surface area (TPSA) is 61.7 Å². The van der Waals surface area contributed by atoms with E-state index in [1.54, 1.807) is 0 Å². The Morgan fingerprint density at radius 2 is 2.31 bits per heavy atom. The molecule has 0 fully saturated rings. The fourth-order valence-corrected chi connectivity index (χ4v) is 0.846. The standard InChI is InChI=1S/C6H3ClF2N4/c7-5-3(8)1-11-4(6(5)9)2-12-13-10/h1H,2H2. The van der Waals surface area contributed by atoms with E-state index in [0.717, 1.165) is 6.20 Å². The van der Waals surface area contributed by atoms with Gasteiger partial charge in [-0.3, -0.25) is 4.98 Å². The summed E-state index contributed by atoms with van der Waals surface area (Å²) in [5.74, 6) is -1.93. The Morgan fingerprint density at radius 1 is 1.62 bits per heavy atom. The van der Waals surface area contributed by atoms with Gasteiger partial charge in [-0.15, -0.1) is 0 Å². The molecule has 0 unspecified atom stereocenters. The van der Waals surface area contributed by atoms with Gasteiger partial charge in [-0.2, -0.15) is 0 Å². The third-order valence-electron chi connectivity index (χ3n) is 1.27. The van der Waals surface area contributed by atoms with Crippen molar-refractivity contribution in [2.45, 2.75) is 6.54 Å². The van der Waals surface area contributed by atoms with Crippen molar-refractivity contribution in [1.82, 2.24) is 4.98 Å². The van der Waals surface area contributed by atoms with Gasteiger partial charge >= 0.3 is 0 Å². The molecule has 0 saturated carbocycles. The molecule has 0 atom stereocenters. The molecule has 68 valence electrons. The van der Waals surface area contributed by atoms with Crippen molar-refractivity contribution < 1.29 is 8.78 Å². The molecular formula is C6H3ClF2N4. The number of nitrogens with zero attached hydrogens (tertiary/aromatic N) is 4. The van der Waals surface area contributed by atoms with Crippen LogP contribution in [0, 0.1) is 11.6 Å². The van der Waals surface area contributed by atoms with Gasteiger partial charge in [0, 0.05) is 4.91 Å². The average molecular weight is 205 g/mol. The summed E-state index contributed by atoms with van der Waals surface area (Å²) in [6.45, 7) is -0.289. The number of aromatic nitrogens is 1. The predicted octanol–water partition coefficient (Wildman–Crippen LogP) is 2.82. The molecule has 4 nitrogen and oxygen atoms in total. The van der Waals surface area contributed by atoms with Crippen LogP contribution in [0.3, 0.4) is 0 Å². The lowest BCUT2D eigenvalue weighted by atomic mass is 10.3. The van der Waals surface area contributed by atoms with Crippen LogP contribution >= 0.6 is 11.6 Å². The summed E-state index contributed by atoms with van der Waals surface area (Å²) < 4.78 is 25.5. The van der Waals surface area contributed by atoms with E-state index in [0.29, 0.717) is 0 Å². The molecular weight excluding hydrogens is 202 g/mol. The van der Waals surface area contributed by atoms with E-state index in [9.17, 15) is 8.78 Å². The molecule has 0 saturated heterocycles. The molecule has 0 amide bonds. The van der Waals surface area contributed by atoms with Crippen molar-refractivity contribution >= 4 is 11.6 Å². The highest BCUT2D eigenvalue weighted by Crippen LogP contribution is 2.20. The lowest BCUT2D eigenvalue weighted by Crippen LogP contribution is -1.96. The average Bonchev–Trinajstić information content (AvgIpc) is 2.13. The fourth-order valence-electron chi connectivity index (χ4n) is 0.688. The number of azide groups is 1. The van der Waals surface area contributed by atoms with Crippen LogP contribution in [-0.2, 0) is 6.54 Å². The summed E-state index contributed by atoms with van der Waals surface area (Å²) in [5.41, 5.74) is 7.77. The summed E-state index contributed by atoms with van der Waals surface area (Å²) >= 11 is 5.24. The molecule has 1 aromatic heterocycles. The van der Waals surface area contributed by atoms with Gasteiger partial charge in [0.15, 0.2) is 11.6 Å². The van der Waals surface area contributed by atoms with Crippen LogP contribution in [0.1, 0.15) is 5.69 Å². The first-order chi connectivity index (χ1) is 6.16. The van der Waals surface area contributed by atoms with Crippen molar-refractivity contribution in [2.24, 2.45) is 5.11 Å². The SMILES string of the molecule is [N-]=[N+]=NCc1ncc(F)c(Cl)c1F. The van der Waals surface area contributed by atoms with Gasteiger partial charge in [0.1, 0.15) is 5.02 Å². The quantitative estimate of drug-likeness (QED) is 0.415. The minimum Gasteiger partial charge on any atom is -0.255 e. The molecule has 0 aliphatic heterocycles. The van der Waals surface area contributed by atoms with Gasteiger partial charge in [0.05, 0.1) is 18.4 Å². The highest BCUT2D eigenvalue weighted by atomic mass is 35.5. The summed E-state index contributed by atoms with van der Waals surface area (Å²) in [5, 5.41) is 2.43. The zero-order valence-electron chi connectivity index (χ0n) is 6.21. The van der Waals surface area contributed by atoms with Crippen LogP contribution in [0.15, 0.2) is 11.3 Å². The van der Waals surface area contributed by atoms with Crippen LogP contribution in [-0.4, -0.2) is 4.98 Å². The van der Waals surface area contributed by atoms with E-state index in [-0.39, 0.29) is 12.2 Å². The maximum Gasteiger partial charge on any atom is 0.166 e. The Kier molecular flexibility index (Phi) is 3.00. The Morgan fingerprint density at radius 3 is 2.92 bits per heavy atom. The van der Waals surface area contributed by atoms with Crippen LogP contribution < -0.4 is 0 Å². The second-order valence-electron chi connectivity index (χ2n) is 2.07. The molecule has 0 bridgehead atoms. The van der Waals surface area contributed by atoms with Gasteiger partial charge in [-0.05, 0) is 5.53 Å². The zero-order chi connectivity index (χ0) is 9.84. The smallest absolute Gasteiger partial charge is 0.166 e. The van der Waals surface area contributed by atoms with Crippen molar-refractivity contribution in [3.63, 3.8) is 0 Å². The van der Waals surface area contributed by atoms with E-state index in [4.69, 9.17) is 17.1 Å². The van der Waals surface area contributed by atoms with E-state index >= 15 is 0 Å². The van der Waals surface area contributed by atoms with E-state index in [1.165, 1.54) is 0 Å². The van der Waals surface area contributed by atoms with Crippen molar-refractivity contribution in [1.29, 1.82) is 0 Å². The predicted molar refractivity (Wildman–Crippen MR) is 42.0 cm³/mol. The van der Waals surface area contributed by atoms with Crippen molar-refractivity contribution in [3.05, 3.63) is 39.0 Å². The number of halogens is 3. The minimum absolute atomic E-state index is 0.177. The lowest BCUT2D eigenvalue weighted by molar-refractivity contribution is 0.559. The van der Waals surface area contributed by atoms with E-state index in [1.807, 2.05) is 0 Å². The fraction of sp³-hybridized carbons (Fsp3) is 0.167. The van der Waals surface area contributed by atoms with Gasteiger partial charge in [0.2, 0.25) is 0 Å². The summed E-state index contributed by atoms with van der Waals surface area (Å²) in [4.78, 5) is 5.78. The first-order valence-electron chi connectivity index (χ1n) is 3.16. The Balaban J connectivity index is 3.10. The molecule has 1 heterocycles. The first kappa shape index (κ1) is 9.70. The normalized spacial score (nSPS) is 9.46. The molecule has 7 heteroatoms. The van der Waals surface area contributed by atoms with Crippen molar-refractivity contribution in [3.8, 4) is 0 Å². The van der Waals surface area contributed by atoms with Crippen LogP contribution in [0.2, 0.25) is 5.02 Å². The Hall–Kier alpha value is -1.39. The molecule has 1 rings (SSSR count). The Labute approximate surface area is 76.8 Å². The highest BCUT2D eigenvalue weighted by molar-refractivity contribution is 6.30. The summed E-state index contributed by atoms with van der Waals surface area (Å²) in [6, 6.07) is 0. The van der Waals surface area contributed by atoms with Gasteiger partial charge < -0.3 is 0 Å². The van der Waals surface area contributed by atoms with Gasteiger partial charge in [-0.1, -0.05) is 16.7 Å². The second kappa shape index (κ2) is 4.02. The maximum atomic E-state index is 13.0. The monoisotopic (exact) mass is 204 g/mol. The molecule has 0 aromatic carbocycles. The molecule has 0 aliphatic rings. The lowest BCUT2D eigenvalue weighted by Gasteiger charge is -1.99. The van der Waals surface area contributed by atoms with E-state index in [2.05, 4.69) is 15.0 Å². The van der Waals surface area contributed by atoms with E-state index < -0.39 is 16.7 Å². The first-order valence-corrected chi connectivity index (χ1v) is 3.54. The Bertz CT molecular complexity index is 375. The summed E-state index contributed by atoms with van der Waals surface area (Å²) in [6.07, 6.45) is 0.771. The van der Waals surface area contributed by atoms with Crippen molar-refractivity contribution in [2.75, 3.05) is 0 Å². The van der Waals surface area contributed by atoms with Crippen LogP contribution in [0.5, 0.6) is 0 Å². The number of hydrogen-bond acceptors (Lipinski definition) is 2. The molecule has 13 heavy (non-hydrogen) atoms. The third kappa shape index (κ3) is 2.05. The molecule has 0 N–H and O–H groups in total. The number of rotatable bonds is 2.